The van der Waals surface area contributed by atoms with Crippen LogP contribution in [0.25, 0.3) is 10.2 Å². The fourth-order valence-electron chi connectivity index (χ4n) is 1.96. The second-order valence-electron chi connectivity index (χ2n) is 4.12. The van der Waals surface area contributed by atoms with Crippen molar-refractivity contribution in [3.63, 3.8) is 0 Å². The van der Waals surface area contributed by atoms with Gasteiger partial charge in [-0.3, -0.25) is 0 Å². The van der Waals surface area contributed by atoms with Crippen LogP contribution in [0.4, 0.5) is 0 Å². The van der Waals surface area contributed by atoms with Crippen LogP contribution in [-0.4, -0.2) is 24.7 Å². The minimum Gasteiger partial charge on any atom is -0.470 e. The Labute approximate surface area is 98.5 Å². The van der Waals surface area contributed by atoms with Gasteiger partial charge < -0.3 is 10.1 Å². The molecule has 0 spiro atoms. The molecule has 1 fully saturated rings. The lowest BCUT2D eigenvalue weighted by molar-refractivity contribution is 0.259. The van der Waals surface area contributed by atoms with E-state index in [4.69, 9.17) is 4.74 Å². The molecule has 0 unspecified atom stereocenters. The lowest BCUT2D eigenvalue weighted by atomic mass is 10.1. The molecule has 3 rings (SSSR count). The van der Waals surface area contributed by atoms with E-state index in [2.05, 4.69) is 16.4 Å². The predicted molar refractivity (Wildman–Crippen MR) is 66.1 cm³/mol. The van der Waals surface area contributed by atoms with Gasteiger partial charge in [-0.15, -0.1) is 0 Å². The van der Waals surface area contributed by atoms with E-state index in [0.29, 0.717) is 5.92 Å². The molecule has 2 aromatic rings. The first-order valence-corrected chi connectivity index (χ1v) is 6.42. The number of hydrogen-bond acceptors (Lipinski definition) is 4. The molecule has 84 valence electrons. The van der Waals surface area contributed by atoms with Crippen LogP contribution in [0, 0.1) is 5.92 Å². The average Bonchev–Trinajstić information content (AvgIpc) is 2.95. The number of nitrogens with one attached hydrogen (secondary N) is 1. The van der Waals surface area contributed by atoms with Gasteiger partial charge in [0.1, 0.15) is 0 Å². The Bertz CT molecular complexity index is 444. The van der Waals surface area contributed by atoms with Crippen LogP contribution < -0.4 is 10.1 Å². The van der Waals surface area contributed by atoms with Crippen LogP contribution >= 0.6 is 11.3 Å². The molecule has 2 heterocycles. The van der Waals surface area contributed by atoms with Crippen molar-refractivity contribution in [3.8, 4) is 5.19 Å². The van der Waals surface area contributed by atoms with E-state index in [0.717, 1.165) is 30.4 Å². The highest BCUT2D eigenvalue weighted by Crippen LogP contribution is 2.27. The molecule has 16 heavy (non-hydrogen) atoms. The van der Waals surface area contributed by atoms with Crippen molar-refractivity contribution in [3.05, 3.63) is 24.3 Å². The molecule has 0 bridgehead atoms. The molecule has 1 N–H and O–H groups in total. The van der Waals surface area contributed by atoms with Crippen LogP contribution in [0.2, 0.25) is 0 Å². The van der Waals surface area contributed by atoms with Gasteiger partial charge in [0.25, 0.3) is 5.19 Å². The van der Waals surface area contributed by atoms with E-state index in [1.54, 1.807) is 11.3 Å². The average molecular weight is 234 g/mol. The summed E-state index contributed by atoms with van der Waals surface area (Å²) in [5.41, 5.74) is 1.03. The van der Waals surface area contributed by atoms with Crippen LogP contribution in [0.1, 0.15) is 6.42 Å². The first-order chi connectivity index (χ1) is 7.92. The van der Waals surface area contributed by atoms with Gasteiger partial charge in [-0.25, -0.2) is 4.98 Å². The van der Waals surface area contributed by atoms with Gasteiger partial charge in [-0.2, -0.15) is 0 Å². The summed E-state index contributed by atoms with van der Waals surface area (Å²) in [6, 6.07) is 8.14. The van der Waals surface area contributed by atoms with E-state index in [-0.39, 0.29) is 0 Å². The fourth-order valence-corrected chi connectivity index (χ4v) is 2.78. The first-order valence-electron chi connectivity index (χ1n) is 5.61. The summed E-state index contributed by atoms with van der Waals surface area (Å²) in [6.07, 6.45) is 1.21. The minimum atomic E-state index is 0.645. The van der Waals surface area contributed by atoms with Gasteiger partial charge in [-0.05, 0) is 25.1 Å². The Balaban J connectivity index is 1.69. The third kappa shape index (κ3) is 2.03. The van der Waals surface area contributed by atoms with Gasteiger partial charge in [0.15, 0.2) is 0 Å². The second-order valence-corrected chi connectivity index (χ2v) is 5.11. The number of ether oxygens (including phenoxy) is 1. The van der Waals surface area contributed by atoms with Gasteiger partial charge in [-0.1, -0.05) is 23.5 Å². The number of nitrogens with zero attached hydrogens (tertiary/aromatic N) is 1. The molecule has 4 heteroatoms. The zero-order valence-electron chi connectivity index (χ0n) is 8.98. The number of hydrogen-bond donors (Lipinski definition) is 1. The Morgan fingerprint density at radius 1 is 1.44 bits per heavy atom. The van der Waals surface area contributed by atoms with E-state index in [1.807, 2.05) is 18.2 Å². The molecule has 0 amide bonds. The zero-order chi connectivity index (χ0) is 10.8. The Morgan fingerprint density at radius 2 is 2.38 bits per heavy atom. The number of thiazole rings is 1. The van der Waals surface area contributed by atoms with Crippen LogP contribution in [0.15, 0.2) is 24.3 Å². The first kappa shape index (κ1) is 10.1. The van der Waals surface area contributed by atoms with E-state index >= 15 is 0 Å². The van der Waals surface area contributed by atoms with Crippen molar-refractivity contribution in [2.24, 2.45) is 5.92 Å². The maximum absolute atomic E-state index is 5.74. The van der Waals surface area contributed by atoms with Crippen molar-refractivity contribution < 1.29 is 4.74 Å². The molecule has 1 aliphatic rings. The van der Waals surface area contributed by atoms with E-state index < -0.39 is 0 Å². The van der Waals surface area contributed by atoms with Crippen molar-refractivity contribution in [1.82, 2.24) is 10.3 Å². The molecule has 1 saturated heterocycles. The summed E-state index contributed by atoms with van der Waals surface area (Å²) in [7, 11) is 0. The third-order valence-corrected chi connectivity index (χ3v) is 3.83. The Hall–Kier alpha value is -1.13. The second kappa shape index (κ2) is 4.39. The predicted octanol–water partition coefficient (Wildman–Crippen LogP) is 2.28. The topological polar surface area (TPSA) is 34.1 Å². The molecule has 3 nitrogen and oxygen atoms in total. The van der Waals surface area contributed by atoms with Crippen LogP contribution in [0.3, 0.4) is 0 Å². The molecule has 1 aromatic heterocycles. The fraction of sp³-hybridized carbons (Fsp3) is 0.417. The van der Waals surface area contributed by atoms with E-state index in [1.165, 1.54) is 11.1 Å². The normalized spacial score (nSPS) is 20.4. The number of benzene rings is 1. The summed E-state index contributed by atoms with van der Waals surface area (Å²) in [6.45, 7) is 2.98. The SMILES string of the molecule is c1ccc2sc(OC[C@H]3CCNC3)nc2c1. The minimum absolute atomic E-state index is 0.645. The lowest BCUT2D eigenvalue weighted by Gasteiger charge is -2.07. The molecule has 0 aliphatic carbocycles. The highest BCUT2D eigenvalue weighted by atomic mass is 32.1. The van der Waals surface area contributed by atoms with Crippen LogP contribution in [0.5, 0.6) is 5.19 Å². The molecular weight excluding hydrogens is 220 g/mol. The van der Waals surface area contributed by atoms with Gasteiger partial charge >= 0.3 is 0 Å². The third-order valence-electron chi connectivity index (χ3n) is 2.88. The summed E-state index contributed by atoms with van der Waals surface area (Å²) in [4.78, 5) is 4.45. The Morgan fingerprint density at radius 3 is 3.19 bits per heavy atom. The molecule has 1 aliphatic heterocycles. The summed E-state index contributed by atoms with van der Waals surface area (Å²) in [5, 5.41) is 4.14. The van der Waals surface area contributed by atoms with Gasteiger partial charge in [0.05, 0.1) is 16.8 Å². The van der Waals surface area contributed by atoms with Crippen molar-refractivity contribution in [1.29, 1.82) is 0 Å². The largest absolute Gasteiger partial charge is 0.470 e. The van der Waals surface area contributed by atoms with E-state index in [9.17, 15) is 0 Å². The lowest BCUT2D eigenvalue weighted by Crippen LogP contribution is -2.15. The van der Waals surface area contributed by atoms with Crippen molar-refractivity contribution >= 4 is 21.6 Å². The van der Waals surface area contributed by atoms with Gasteiger partial charge in [0, 0.05) is 12.5 Å². The molecule has 1 atom stereocenters. The Kier molecular flexibility index (Phi) is 2.76. The smallest absolute Gasteiger partial charge is 0.274 e. The zero-order valence-corrected chi connectivity index (χ0v) is 9.80. The number of aromatic nitrogens is 1. The molecule has 0 saturated carbocycles. The highest BCUT2D eigenvalue weighted by Gasteiger charge is 2.15. The van der Waals surface area contributed by atoms with Crippen molar-refractivity contribution in [2.45, 2.75) is 6.42 Å². The monoisotopic (exact) mass is 234 g/mol. The molecular formula is C12H14N2OS. The summed E-state index contributed by atoms with van der Waals surface area (Å²) >= 11 is 1.63. The standard InChI is InChI=1S/C12H14N2OS/c1-2-4-11-10(3-1)14-12(16-11)15-8-9-5-6-13-7-9/h1-4,9,13H,5-8H2/t9-/m0/s1. The summed E-state index contributed by atoms with van der Waals surface area (Å²) in [5.74, 6) is 0.645. The maximum Gasteiger partial charge on any atom is 0.274 e. The maximum atomic E-state index is 5.74. The number of rotatable bonds is 3. The summed E-state index contributed by atoms with van der Waals surface area (Å²) < 4.78 is 6.94. The number of fused-ring (bicyclic) bond motifs is 1. The van der Waals surface area contributed by atoms with Crippen LogP contribution in [-0.2, 0) is 0 Å². The number of para-hydroxylation sites is 1. The van der Waals surface area contributed by atoms with Crippen molar-refractivity contribution in [2.75, 3.05) is 19.7 Å². The molecule has 1 aromatic carbocycles. The highest BCUT2D eigenvalue weighted by molar-refractivity contribution is 7.20. The quantitative estimate of drug-likeness (QED) is 0.884. The molecule has 0 radical (unpaired) electrons. The van der Waals surface area contributed by atoms with Gasteiger partial charge in [0.2, 0.25) is 0 Å².